The summed E-state index contributed by atoms with van der Waals surface area (Å²) in [7, 11) is 0. The van der Waals surface area contributed by atoms with Gasteiger partial charge in [-0.3, -0.25) is 0 Å². The Morgan fingerprint density at radius 1 is 0.667 bits per heavy atom. The fraction of sp³-hybridized carbons (Fsp3) is 0.111. The summed E-state index contributed by atoms with van der Waals surface area (Å²) >= 11 is 0. The monoisotopic (exact) mass is 382 g/mol. The number of benzene rings is 2. The van der Waals surface area contributed by atoms with Crippen LogP contribution in [0.4, 0.5) is 0 Å². The van der Waals surface area contributed by atoms with E-state index in [0.29, 0.717) is 0 Å². The number of carbonyl (C=O) groups excluding carboxylic acids is 2. The fourth-order valence-corrected chi connectivity index (χ4v) is 2.12. The van der Waals surface area contributed by atoms with Gasteiger partial charge in [-0.15, -0.1) is 0 Å². The second-order valence-corrected chi connectivity index (χ2v) is 4.97. The third-order valence-corrected chi connectivity index (χ3v) is 3.30. The van der Waals surface area contributed by atoms with E-state index in [9.17, 15) is 19.2 Å². The van der Waals surface area contributed by atoms with Crippen molar-refractivity contribution in [3.63, 3.8) is 0 Å². The molecule has 0 unspecified atom stereocenters. The van der Waals surface area contributed by atoms with Crippen LogP contribution in [-0.4, -0.2) is 47.3 Å². The van der Waals surface area contributed by atoms with Crippen LogP contribution in [0, 0.1) is 0 Å². The Kier molecular flexibility index (Phi) is 8.67. The smallest absolute Gasteiger partial charge is 1.00 e. The van der Waals surface area contributed by atoms with Gasteiger partial charge in [0.15, 0.2) is 0 Å². The molecule has 2 aromatic carbocycles. The van der Waals surface area contributed by atoms with Gasteiger partial charge >= 0.3 is 53.4 Å². The van der Waals surface area contributed by atoms with E-state index in [2.05, 4.69) is 0 Å². The first kappa shape index (κ1) is 22.4. The SMILES string of the molecule is O=C(O)c1ccccc1C(=O)OCCOC(=O)c1ccccc1C(=O)O.[H-].[Na+]. The van der Waals surface area contributed by atoms with E-state index >= 15 is 0 Å². The third-order valence-electron chi connectivity index (χ3n) is 3.30. The molecular formula is C18H15NaO8. The van der Waals surface area contributed by atoms with Gasteiger partial charge in [0.05, 0.1) is 22.3 Å². The van der Waals surface area contributed by atoms with Crippen LogP contribution in [0.3, 0.4) is 0 Å². The first-order valence-corrected chi connectivity index (χ1v) is 7.40. The molecule has 0 fully saturated rings. The van der Waals surface area contributed by atoms with Crippen LogP contribution in [0.15, 0.2) is 48.5 Å². The normalized spacial score (nSPS) is 9.63. The van der Waals surface area contributed by atoms with Gasteiger partial charge < -0.3 is 21.1 Å². The van der Waals surface area contributed by atoms with Crippen LogP contribution >= 0.6 is 0 Å². The number of hydrogen-bond donors (Lipinski definition) is 2. The number of ether oxygens (including phenoxy) is 2. The first-order chi connectivity index (χ1) is 12.4. The molecule has 0 aromatic heterocycles. The van der Waals surface area contributed by atoms with Crippen LogP contribution in [0.25, 0.3) is 0 Å². The van der Waals surface area contributed by atoms with E-state index in [0.717, 1.165) is 0 Å². The Balaban J connectivity index is 0.00000364. The Labute approximate surface area is 177 Å². The van der Waals surface area contributed by atoms with Crippen molar-refractivity contribution in [3.8, 4) is 0 Å². The summed E-state index contributed by atoms with van der Waals surface area (Å²) < 4.78 is 9.77. The summed E-state index contributed by atoms with van der Waals surface area (Å²) in [4.78, 5) is 46.0. The molecule has 0 radical (unpaired) electrons. The number of carbonyl (C=O) groups is 4. The molecule has 8 nitrogen and oxygen atoms in total. The van der Waals surface area contributed by atoms with Crippen LogP contribution in [0.2, 0.25) is 0 Å². The van der Waals surface area contributed by atoms with Crippen molar-refractivity contribution in [2.45, 2.75) is 0 Å². The number of esters is 2. The Bertz CT molecular complexity index is 797. The molecule has 0 amide bonds. The maximum Gasteiger partial charge on any atom is 1.00 e. The predicted octanol–water partition coefficient (Wildman–Crippen LogP) is -0.787. The summed E-state index contributed by atoms with van der Waals surface area (Å²) in [5.74, 6) is -4.28. The molecule has 0 bridgehead atoms. The zero-order valence-corrected chi connectivity index (χ0v) is 16.4. The molecular weight excluding hydrogens is 367 g/mol. The van der Waals surface area contributed by atoms with E-state index < -0.39 is 23.9 Å². The minimum absolute atomic E-state index is 0. The molecule has 0 heterocycles. The van der Waals surface area contributed by atoms with Gasteiger partial charge in [-0.05, 0) is 24.3 Å². The van der Waals surface area contributed by atoms with Gasteiger partial charge in [-0.25, -0.2) is 19.2 Å². The molecule has 0 aliphatic carbocycles. The summed E-state index contributed by atoms with van der Waals surface area (Å²) in [5.41, 5.74) is -0.653. The zero-order valence-electron chi connectivity index (χ0n) is 15.4. The van der Waals surface area contributed by atoms with Crippen LogP contribution in [0.1, 0.15) is 42.9 Å². The van der Waals surface area contributed by atoms with Crippen molar-refractivity contribution in [1.82, 2.24) is 0 Å². The minimum Gasteiger partial charge on any atom is -1.00 e. The van der Waals surface area contributed by atoms with Crippen molar-refractivity contribution in [2.24, 2.45) is 0 Å². The van der Waals surface area contributed by atoms with E-state index in [-0.39, 0.29) is 66.5 Å². The summed E-state index contributed by atoms with van der Waals surface area (Å²) in [5, 5.41) is 18.1. The van der Waals surface area contributed by atoms with E-state index in [1.165, 1.54) is 48.5 Å². The number of rotatable bonds is 7. The number of hydrogen-bond acceptors (Lipinski definition) is 6. The molecule has 2 N–H and O–H groups in total. The number of carboxylic acids is 2. The average Bonchev–Trinajstić information content (AvgIpc) is 2.64. The largest absolute Gasteiger partial charge is 1.00 e. The van der Waals surface area contributed by atoms with Crippen molar-refractivity contribution < 1.29 is 69.8 Å². The number of aromatic carboxylic acids is 2. The van der Waals surface area contributed by atoms with E-state index in [4.69, 9.17) is 19.7 Å². The van der Waals surface area contributed by atoms with Gasteiger partial charge in [0, 0.05) is 0 Å². The van der Waals surface area contributed by atoms with Crippen LogP contribution in [-0.2, 0) is 9.47 Å². The predicted molar refractivity (Wildman–Crippen MR) is 88.5 cm³/mol. The standard InChI is InChI=1S/C18H14O8.Na.H/c19-15(20)11-5-1-3-7-13(11)17(23)25-9-10-26-18(24)14-8-4-2-6-12(14)16(21)22;;/h1-8H,9-10H2,(H,19,20)(H,21,22);;/q;+1;-1. The molecule has 27 heavy (non-hydrogen) atoms. The third kappa shape index (κ3) is 5.92. The molecule has 0 atom stereocenters. The van der Waals surface area contributed by atoms with Crippen molar-refractivity contribution in [1.29, 1.82) is 0 Å². The quantitative estimate of drug-likeness (QED) is 0.363. The molecule has 0 saturated carbocycles. The van der Waals surface area contributed by atoms with E-state index in [1.807, 2.05) is 0 Å². The van der Waals surface area contributed by atoms with Gasteiger partial charge in [0.2, 0.25) is 0 Å². The van der Waals surface area contributed by atoms with Gasteiger partial charge in [-0.2, -0.15) is 0 Å². The molecule has 0 spiro atoms. The molecule has 0 aliphatic rings. The first-order valence-electron chi connectivity index (χ1n) is 7.40. The molecule has 0 saturated heterocycles. The maximum atomic E-state index is 11.9. The maximum absolute atomic E-state index is 11.9. The van der Waals surface area contributed by atoms with Gasteiger partial charge in [0.25, 0.3) is 0 Å². The molecule has 2 aromatic rings. The second kappa shape index (κ2) is 10.5. The van der Waals surface area contributed by atoms with Crippen molar-refractivity contribution >= 4 is 23.9 Å². The second-order valence-electron chi connectivity index (χ2n) is 4.97. The summed E-state index contributed by atoms with van der Waals surface area (Å²) in [6.07, 6.45) is 0. The topological polar surface area (TPSA) is 127 Å². The van der Waals surface area contributed by atoms with Gasteiger partial charge in [0.1, 0.15) is 13.2 Å². The molecule has 2 rings (SSSR count). The molecule has 136 valence electrons. The summed E-state index contributed by atoms with van der Waals surface area (Å²) in [6.45, 7) is -0.623. The minimum atomic E-state index is -1.27. The molecule has 9 heteroatoms. The summed E-state index contributed by atoms with van der Waals surface area (Å²) in [6, 6.07) is 11.1. The van der Waals surface area contributed by atoms with Crippen molar-refractivity contribution in [2.75, 3.05) is 13.2 Å². The Hall–Kier alpha value is -2.68. The number of carboxylic acid groups (broad SMARTS) is 2. The van der Waals surface area contributed by atoms with Crippen LogP contribution < -0.4 is 29.6 Å². The van der Waals surface area contributed by atoms with Crippen LogP contribution in [0.5, 0.6) is 0 Å². The molecule has 0 aliphatic heterocycles. The Morgan fingerprint density at radius 3 is 1.26 bits per heavy atom. The average molecular weight is 382 g/mol. The van der Waals surface area contributed by atoms with Gasteiger partial charge in [-0.1, -0.05) is 24.3 Å². The zero-order chi connectivity index (χ0) is 19.1. The Morgan fingerprint density at radius 2 is 0.963 bits per heavy atom. The fourth-order valence-electron chi connectivity index (χ4n) is 2.12. The van der Waals surface area contributed by atoms with Crippen molar-refractivity contribution in [3.05, 3.63) is 70.8 Å². The van der Waals surface area contributed by atoms with E-state index in [1.54, 1.807) is 0 Å².